The summed E-state index contributed by atoms with van der Waals surface area (Å²) >= 11 is 1.25. The lowest BCUT2D eigenvalue weighted by Crippen LogP contribution is -2.35. The molecule has 8 nitrogen and oxygen atoms in total. The van der Waals surface area contributed by atoms with Crippen molar-refractivity contribution < 1.29 is 17.4 Å². The Kier molecular flexibility index (Phi) is 5.50. The van der Waals surface area contributed by atoms with Crippen molar-refractivity contribution >= 4 is 49.9 Å². The van der Waals surface area contributed by atoms with Crippen LogP contribution < -0.4 is 4.18 Å². The lowest BCUT2D eigenvalue weighted by atomic mass is 10.1. The average Bonchev–Trinajstić information content (AvgIpc) is 3.15. The zero-order valence-corrected chi connectivity index (χ0v) is 18.3. The summed E-state index contributed by atoms with van der Waals surface area (Å²) in [7, 11) is -4.08. The molecule has 2 aromatic carbocycles. The van der Waals surface area contributed by atoms with E-state index >= 15 is 0 Å². The fourth-order valence-corrected chi connectivity index (χ4v) is 4.66. The maximum Gasteiger partial charge on any atom is 0.339 e. The van der Waals surface area contributed by atoms with E-state index in [1.54, 1.807) is 30.3 Å². The second kappa shape index (κ2) is 8.12. The number of carbonyl (C=O) groups is 1. The number of amides is 1. The Morgan fingerprint density at radius 3 is 2.58 bits per heavy atom. The van der Waals surface area contributed by atoms with E-state index in [0.29, 0.717) is 17.2 Å². The van der Waals surface area contributed by atoms with Crippen LogP contribution in [0.15, 0.2) is 69.1 Å². The van der Waals surface area contributed by atoms with E-state index in [1.165, 1.54) is 41.0 Å². The van der Waals surface area contributed by atoms with Gasteiger partial charge in [0, 0.05) is 5.56 Å². The van der Waals surface area contributed by atoms with Gasteiger partial charge in [0.25, 0.3) is 5.91 Å². The lowest BCUT2D eigenvalue weighted by Gasteiger charge is -2.20. The summed E-state index contributed by atoms with van der Waals surface area (Å²) < 4.78 is 30.8. The van der Waals surface area contributed by atoms with E-state index in [-0.39, 0.29) is 22.1 Å². The third-order valence-electron chi connectivity index (χ3n) is 4.53. The van der Waals surface area contributed by atoms with E-state index < -0.39 is 16.0 Å². The number of hydrogen-bond donors (Lipinski definition) is 1. The molecule has 31 heavy (non-hydrogen) atoms. The minimum absolute atomic E-state index is 0.00534. The van der Waals surface area contributed by atoms with Crippen LogP contribution in [0.1, 0.15) is 24.5 Å². The van der Waals surface area contributed by atoms with Gasteiger partial charge in [-0.1, -0.05) is 42.8 Å². The number of fused-ring (bicyclic) bond motifs is 1. The van der Waals surface area contributed by atoms with Crippen LogP contribution in [0, 0.1) is 12.3 Å². The molecule has 0 aromatic heterocycles. The monoisotopic (exact) mass is 454 g/mol. The molecular formula is C21H18N4O4S2. The molecule has 2 heterocycles. The molecule has 4 rings (SSSR count). The van der Waals surface area contributed by atoms with Crippen molar-refractivity contribution in [3.63, 3.8) is 0 Å². The first-order valence-electron chi connectivity index (χ1n) is 9.38. The highest BCUT2D eigenvalue weighted by Crippen LogP contribution is 2.31. The lowest BCUT2D eigenvalue weighted by molar-refractivity contribution is -0.114. The summed E-state index contributed by atoms with van der Waals surface area (Å²) in [5, 5.41) is 15.1. The van der Waals surface area contributed by atoms with Gasteiger partial charge in [-0.15, -0.1) is 0 Å². The van der Waals surface area contributed by atoms with Crippen molar-refractivity contribution in [3.8, 4) is 5.75 Å². The largest absolute Gasteiger partial charge is 0.378 e. The first-order chi connectivity index (χ1) is 14.8. The summed E-state index contributed by atoms with van der Waals surface area (Å²) in [5.74, 6) is -0.672. The summed E-state index contributed by atoms with van der Waals surface area (Å²) in [4.78, 5) is 16.6. The van der Waals surface area contributed by atoms with Crippen LogP contribution in [-0.2, 0) is 14.9 Å². The van der Waals surface area contributed by atoms with E-state index in [1.807, 2.05) is 13.8 Å². The van der Waals surface area contributed by atoms with Crippen LogP contribution in [-0.4, -0.2) is 35.4 Å². The Balaban J connectivity index is 1.69. The molecule has 2 aliphatic heterocycles. The third kappa shape index (κ3) is 4.17. The first kappa shape index (κ1) is 21.0. The van der Waals surface area contributed by atoms with Gasteiger partial charge >= 0.3 is 10.1 Å². The normalized spacial score (nSPS) is 17.5. The zero-order chi connectivity index (χ0) is 22.2. The second-order valence-corrected chi connectivity index (χ2v) is 9.34. The molecule has 1 N–H and O–H groups in total. The van der Waals surface area contributed by atoms with Gasteiger partial charge in [0.1, 0.15) is 15.7 Å². The van der Waals surface area contributed by atoms with Gasteiger partial charge in [-0.25, -0.2) is 0 Å². The number of benzene rings is 2. The highest BCUT2D eigenvalue weighted by molar-refractivity contribution is 8.26. The second-order valence-electron chi connectivity index (χ2n) is 6.76. The molecule has 2 aromatic rings. The highest BCUT2D eigenvalue weighted by Gasteiger charge is 2.35. The van der Waals surface area contributed by atoms with Crippen molar-refractivity contribution in [1.29, 1.82) is 5.41 Å². The molecule has 0 saturated heterocycles. The number of carbonyl (C=O) groups excluding carboxylic acids is 1. The smallest absolute Gasteiger partial charge is 0.339 e. The van der Waals surface area contributed by atoms with Gasteiger partial charge in [-0.3, -0.25) is 10.2 Å². The molecular weight excluding hydrogens is 436 g/mol. The minimum atomic E-state index is -4.08. The SMILES string of the molecule is CCC1=NN2C(=N)/C(=C/c3ccccc3OS(=O)(=O)c3ccc(C)cc3)C(=O)N=C2S1. The number of hydrogen-bond acceptors (Lipinski definition) is 7. The zero-order valence-electron chi connectivity index (χ0n) is 16.7. The molecule has 0 aliphatic carbocycles. The highest BCUT2D eigenvalue weighted by atomic mass is 32.2. The number of aliphatic imine (C=N–C) groups is 1. The Morgan fingerprint density at radius 1 is 1.16 bits per heavy atom. The minimum Gasteiger partial charge on any atom is -0.378 e. The predicted octanol–water partition coefficient (Wildman–Crippen LogP) is 3.79. The van der Waals surface area contributed by atoms with E-state index in [2.05, 4.69) is 10.1 Å². The van der Waals surface area contributed by atoms with E-state index in [4.69, 9.17) is 9.59 Å². The van der Waals surface area contributed by atoms with Crippen molar-refractivity contribution in [2.24, 2.45) is 10.1 Å². The number of nitrogens with zero attached hydrogens (tertiary/aromatic N) is 3. The van der Waals surface area contributed by atoms with Gasteiger partial charge in [0.2, 0.25) is 5.17 Å². The molecule has 158 valence electrons. The Hall–Kier alpha value is -3.24. The molecule has 2 aliphatic rings. The van der Waals surface area contributed by atoms with Crippen LogP contribution in [0.3, 0.4) is 0 Å². The van der Waals surface area contributed by atoms with Crippen LogP contribution in [0.2, 0.25) is 0 Å². The number of hydrazone groups is 1. The molecule has 0 unspecified atom stereocenters. The first-order valence-corrected chi connectivity index (χ1v) is 11.6. The molecule has 0 radical (unpaired) electrons. The molecule has 10 heteroatoms. The Bertz CT molecular complexity index is 1280. The Labute approximate surface area is 184 Å². The van der Waals surface area contributed by atoms with Crippen molar-refractivity contribution in [2.75, 3.05) is 0 Å². The number of aryl methyl sites for hydroxylation is 1. The molecule has 0 fully saturated rings. The molecule has 0 bridgehead atoms. The molecule has 0 saturated carbocycles. The van der Waals surface area contributed by atoms with Gasteiger partial charge in [-0.05, 0) is 49.4 Å². The third-order valence-corrected chi connectivity index (χ3v) is 6.83. The standard InChI is InChI=1S/C21H18N4O4S2/c1-3-18-24-25-19(22)16(20(26)23-21(25)30-18)12-14-6-4-5-7-17(14)29-31(27,28)15-10-8-13(2)9-11-15/h4-12,22H,3H2,1-2H3/b16-12-,22-19?. The van der Waals surface area contributed by atoms with Crippen molar-refractivity contribution in [1.82, 2.24) is 5.01 Å². The number of para-hydroxylation sites is 1. The fourth-order valence-electron chi connectivity index (χ4n) is 2.88. The summed E-state index contributed by atoms with van der Waals surface area (Å²) in [6, 6.07) is 12.7. The summed E-state index contributed by atoms with van der Waals surface area (Å²) in [6.45, 7) is 3.78. The van der Waals surface area contributed by atoms with Crippen LogP contribution in [0.4, 0.5) is 0 Å². The van der Waals surface area contributed by atoms with Gasteiger partial charge in [0.15, 0.2) is 5.84 Å². The maximum absolute atomic E-state index is 12.7. The Morgan fingerprint density at radius 2 is 1.87 bits per heavy atom. The number of thioether (sulfide) groups is 1. The van der Waals surface area contributed by atoms with E-state index in [0.717, 1.165) is 10.6 Å². The van der Waals surface area contributed by atoms with Gasteiger partial charge in [-0.2, -0.15) is 23.5 Å². The molecule has 1 amide bonds. The molecule has 0 spiro atoms. The van der Waals surface area contributed by atoms with Crippen LogP contribution >= 0.6 is 11.8 Å². The number of rotatable bonds is 5. The van der Waals surface area contributed by atoms with Gasteiger partial charge < -0.3 is 4.18 Å². The average molecular weight is 455 g/mol. The fraction of sp³-hybridized carbons (Fsp3) is 0.143. The predicted molar refractivity (Wildman–Crippen MR) is 121 cm³/mol. The number of nitrogens with one attached hydrogen (secondary N) is 1. The quantitative estimate of drug-likeness (QED) is 0.543. The summed E-state index contributed by atoms with van der Waals surface area (Å²) in [5.41, 5.74) is 1.25. The molecule has 0 atom stereocenters. The number of amidine groups is 2. The van der Waals surface area contributed by atoms with Crippen LogP contribution in [0.5, 0.6) is 5.75 Å². The van der Waals surface area contributed by atoms with E-state index in [9.17, 15) is 13.2 Å². The topological polar surface area (TPSA) is 112 Å². The van der Waals surface area contributed by atoms with Gasteiger partial charge in [0.05, 0.1) is 5.57 Å². The van der Waals surface area contributed by atoms with Crippen molar-refractivity contribution in [2.45, 2.75) is 25.2 Å². The van der Waals surface area contributed by atoms with Crippen LogP contribution in [0.25, 0.3) is 6.08 Å². The maximum atomic E-state index is 12.7. The summed E-state index contributed by atoms with van der Waals surface area (Å²) in [6.07, 6.45) is 2.06. The van der Waals surface area contributed by atoms with Crippen molar-refractivity contribution in [3.05, 3.63) is 65.2 Å².